The van der Waals surface area contributed by atoms with Crippen LogP contribution in [-0.2, 0) is 0 Å². The summed E-state index contributed by atoms with van der Waals surface area (Å²) in [6.45, 7) is 3.81. The molecule has 2 N–H and O–H groups in total. The summed E-state index contributed by atoms with van der Waals surface area (Å²) in [7, 11) is 0. The molecule has 4 nitrogen and oxygen atoms in total. The summed E-state index contributed by atoms with van der Waals surface area (Å²) in [6.07, 6.45) is 0.798. The van der Waals surface area contributed by atoms with Crippen molar-refractivity contribution < 1.29 is 4.79 Å². The molecule has 0 fully saturated rings. The number of halogens is 1. The number of anilines is 1. The maximum absolute atomic E-state index is 11.4. The van der Waals surface area contributed by atoms with Crippen LogP contribution < -0.4 is 10.7 Å². The van der Waals surface area contributed by atoms with Crippen LogP contribution in [0.5, 0.6) is 0 Å². The van der Waals surface area contributed by atoms with Crippen LogP contribution in [0.4, 0.5) is 10.5 Å². The van der Waals surface area contributed by atoms with E-state index in [-0.39, 0.29) is 0 Å². The SMILES string of the molecule is CC/C(C)=N/NC(=O)Nc1ccccc1Cl. The van der Waals surface area contributed by atoms with Gasteiger partial charge in [0.25, 0.3) is 0 Å². The Kier molecular flexibility index (Phi) is 4.79. The number of hydrazone groups is 1. The summed E-state index contributed by atoms with van der Waals surface area (Å²) in [5.74, 6) is 0. The molecular weight excluding hydrogens is 226 g/mol. The minimum absolute atomic E-state index is 0.402. The maximum Gasteiger partial charge on any atom is 0.339 e. The van der Waals surface area contributed by atoms with Crippen molar-refractivity contribution in [3.05, 3.63) is 29.3 Å². The van der Waals surface area contributed by atoms with Crippen LogP contribution in [0.2, 0.25) is 5.02 Å². The number of benzene rings is 1. The molecule has 0 aliphatic heterocycles. The molecule has 0 radical (unpaired) electrons. The van der Waals surface area contributed by atoms with Crippen molar-refractivity contribution in [3.63, 3.8) is 0 Å². The van der Waals surface area contributed by atoms with Crippen molar-refractivity contribution in [2.45, 2.75) is 20.3 Å². The van der Waals surface area contributed by atoms with E-state index in [2.05, 4.69) is 15.8 Å². The molecule has 0 aliphatic carbocycles. The van der Waals surface area contributed by atoms with Gasteiger partial charge in [0.1, 0.15) is 0 Å². The monoisotopic (exact) mass is 239 g/mol. The van der Waals surface area contributed by atoms with E-state index in [9.17, 15) is 4.79 Å². The lowest BCUT2D eigenvalue weighted by atomic mass is 10.3. The van der Waals surface area contributed by atoms with Gasteiger partial charge < -0.3 is 5.32 Å². The van der Waals surface area contributed by atoms with E-state index < -0.39 is 6.03 Å². The van der Waals surface area contributed by atoms with Gasteiger partial charge in [0.05, 0.1) is 10.7 Å². The Morgan fingerprint density at radius 1 is 1.44 bits per heavy atom. The standard InChI is InChI=1S/C11H14ClN3O/c1-3-8(2)14-15-11(16)13-10-7-5-4-6-9(10)12/h4-7H,3H2,1-2H3,(H2,13,15,16)/b14-8+. The Bertz CT molecular complexity index is 404. The van der Waals surface area contributed by atoms with Crippen molar-refractivity contribution in [1.82, 2.24) is 5.43 Å². The molecular formula is C11H14ClN3O. The van der Waals surface area contributed by atoms with Gasteiger partial charge >= 0.3 is 6.03 Å². The summed E-state index contributed by atoms with van der Waals surface area (Å²) in [4.78, 5) is 11.4. The van der Waals surface area contributed by atoms with E-state index in [1.165, 1.54) is 0 Å². The van der Waals surface area contributed by atoms with Crippen LogP contribution in [-0.4, -0.2) is 11.7 Å². The third-order valence-electron chi connectivity index (χ3n) is 1.98. The van der Waals surface area contributed by atoms with Gasteiger partial charge in [0, 0.05) is 5.71 Å². The normalized spacial score (nSPS) is 11.1. The number of amides is 2. The summed E-state index contributed by atoms with van der Waals surface area (Å²) >= 11 is 5.88. The van der Waals surface area contributed by atoms with E-state index in [1.807, 2.05) is 13.8 Å². The molecule has 1 aromatic rings. The highest BCUT2D eigenvalue weighted by Gasteiger charge is 2.03. The predicted octanol–water partition coefficient (Wildman–Crippen LogP) is 3.25. The van der Waals surface area contributed by atoms with E-state index in [0.29, 0.717) is 10.7 Å². The Morgan fingerprint density at radius 3 is 2.75 bits per heavy atom. The van der Waals surface area contributed by atoms with Gasteiger partial charge in [-0.25, -0.2) is 10.2 Å². The molecule has 0 unspecified atom stereocenters. The van der Waals surface area contributed by atoms with Gasteiger partial charge in [-0.15, -0.1) is 0 Å². The lowest BCUT2D eigenvalue weighted by Gasteiger charge is -2.06. The van der Waals surface area contributed by atoms with Crippen molar-refractivity contribution in [1.29, 1.82) is 0 Å². The molecule has 5 heteroatoms. The summed E-state index contributed by atoms with van der Waals surface area (Å²) < 4.78 is 0. The zero-order valence-corrected chi connectivity index (χ0v) is 10.0. The highest BCUT2D eigenvalue weighted by atomic mass is 35.5. The van der Waals surface area contributed by atoms with Crippen LogP contribution in [0.25, 0.3) is 0 Å². The molecule has 0 saturated carbocycles. The van der Waals surface area contributed by atoms with Crippen LogP contribution in [0, 0.1) is 0 Å². The first-order chi connectivity index (χ1) is 7.63. The van der Waals surface area contributed by atoms with Gasteiger partial charge in [0.2, 0.25) is 0 Å². The fraction of sp³-hybridized carbons (Fsp3) is 0.273. The van der Waals surface area contributed by atoms with Gasteiger partial charge in [-0.05, 0) is 25.5 Å². The summed E-state index contributed by atoms with van der Waals surface area (Å²) in [5.41, 5.74) is 3.81. The Hall–Kier alpha value is -1.55. The fourth-order valence-corrected chi connectivity index (χ4v) is 1.12. The van der Waals surface area contributed by atoms with Crippen molar-refractivity contribution >= 4 is 29.0 Å². The number of hydrogen-bond acceptors (Lipinski definition) is 2. The number of nitrogens with zero attached hydrogens (tertiary/aromatic N) is 1. The van der Waals surface area contributed by atoms with Crippen molar-refractivity contribution in [2.75, 3.05) is 5.32 Å². The van der Waals surface area contributed by atoms with Crippen LogP contribution in [0.1, 0.15) is 20.3 Å². The summed E-state index contributed by atoms with van der Waals surface area (Å²) in [5, 5.41) is 6.97. The largest absolute Gasteiger partial charge is 0.339 e. The molecule has 0 spiro atoms. The predicted molar refractivity (Wildman–Crippen MR) is 67.0 cm³/mol. The number of nitrogens with one attached hydrogen (secondary N) is 2. The zero-order valence-electron chi connectivity index (χ0n) is 9.25. The topological polar surface area (TPSA) is 53.5 Å². The van der Waals surface area contributed by atoms with Crippen LogP contribution in [0.3, 0.4) is 0 Å². The number of para-hydroxylation sites is 1. The third kappa shape index (κ3) is 3.90. The molecule has 86 valence electrons. The molecule has 0 aliphatic rings. The average Bonchev–Trinajstić information content (AvgIpc) is 2.29. The molecule has 1 aromatic carbocycles. The van der Waals surface area contributed by atoms with Crippen molar-refractivity contribution in [3.8, 4) is 0 Å². The molecule has 0 atom stereocenters. The second-order valence-corrected chi connectivity index (χ2v) is 3.65. The number of hydrogen-bond donors (Lipinski definition) is 2. The number of urea groups is 1. The number of rotatable bonds is 3. The number of carbonyl (C=O) groups excluding carboxylic acids is 1. The lowest BCUT2D eigenvalue weighted by Crippen LogP contribution is -2.25. The molecule has 0 saturated heterocycles. The second-order valence-electron chi connectivity index (χ2n) is 3.25. The molecule has 1 rings (SSSR count). The molecule has 16 heavy (non-hydrogen) atoms. The van der Waals surface area contributed by atoms with Crippen LogP contribution in [0.15, 0.2) is 29.4 Å². The minimum Gasteiger partial charge on any atom is -0.305 e. The van der Waals surface area contributed by atoms with Gasteiger partial charge in [-0.2, -0.15) is 5.10 Å². The second kappa shape index (κ2) is 6.12. The summed E-state index contributed by atoms with van der Waals surface area (Å²) in [6, 6.07) is 6.61. The van der Waals surface area contributed by atoms with Crippen LogP contribution >= 0.6 is 11.6 Å². The Labute approximate surface area is 99.7 Å². The quantitative estimate of drug-likeness (QED) is 0.618. The van der Waals surface area contributed by atoms with Gasteiger partial charge in [-0.1, -0.05) is 30.7 Å². The Morgan fingerprint density at radius 2 is 2.12 bits per heavy atom. The first-order valence-electron chi connectivity index (χ1n) is 4.98. The highest BCUT2D eigenvalue weighted by Crippen LogP contribution is 2.19. The van der Waals surface area contributed by atoms with E-state index in [1.54, 1.807) is 24.3 Å². The number of carbonyl (C=O) groups is 1. The van der Waals surface area contributed by atoms with Gasteiger partial charge in [-0.3, -0.25) is 0 Å². The van der Waals surface area contributed by atoms with E-state index in [0.717, 1.165) is 12.1 Å². The molecule has 0 bridgehead atoms. The van der Waals surface area contributed by atoms with E-state index in [4.69, 9.17) is 11.6 Å². The molecule has 2 amide bonds. The van der Waals surface area contributed by atoms with E-state index >= 15 is 0 Å². The molecule has 0 aromatic heterocycles. The van der Waals surface area contributed by atoms with Gasteiger partial charge in [0.15, 0.2) is 0 Å². The highest BCUT2D eigenvalue weighted by molar-refractivity contribution is 6.33. The first kappa shape index (κ1) is 12.5. The Balaban J connectivity index is 2.56. The molecule has 0 heterocycles. The average molecular weight is 240 g/mol. The zero-order chi connectivity index (χ0) is 12.0. The lowest BCUT2D eigenvalue weighted by molar-refractivity contribution is 0.252. The minimum atomic E-state index is -0.402. The van der Waals surface area contributed by atoms with Crippen molar-refractivity contribution in [2.24, 2.45) is 5.10 Å². The first-order valence-corrected chi connectivity index (χ1v) is 5.36. The fourth-order valence-electron chi connectivity index (χ4n) is 0.938. The maximum atomic E-state index is 11.4. The smallest absolute Gasteiger partial charge is 0.305 e. The third-order valence-corrected chi connectivity index (χ3v) is 2.31.